The van der Waals surface area contributed by atoms with Crippen LogP contribution < -0.4 is 5.32 Å². The number of nitrogens with one attached hydrogen (secondary N) is 1. The molecule has 0 bridgehead atoms. The molecule has 0 radical (unpaired) electrons. The molecule has 2 rings (SSSR count). The fourth-order valence-corrected chi connectivity index (χ4v) is 2.18. The monoisotopic (exact) mass is 281 g/mol. The molecule has 1 aliphatic rings. The lowest BCUT2D eigenvalue weighted by Crippen LogP contribution is -2.23. The minimum absolute atomic E-state index is 0.157. The van der Waals surface area contributed by atoms with Crippen molar-refractivity contribution in [1.82, 2.24) is 0 Å². The van der Waals surface area contributed by atoms with E-state index in [0.717, 1.165) is 25.0 Å². The van der Waals surface area contributed by atoms with Gasteiger partial charge in [0.05, 0.1) is 5.56 Å². The second-order valence-corrected chi connectivity index (χ2v) is 4.73. The summed E-state index contributed by atoms with van der Waals surface area (Å²) in [6.07, 6.45) is 2.19. The van der Waals surface area contributed by atoms with E-state index in [0.29, 0.717) is 25.3 Å². The first-order valence-electron chi connectivity index (χ1n) is 6.49. The summed E-state index contributed by atoms with van der Waals surface area (Å²) in [5.41, 5.74) is -0.161. The smallest absolute Gasteiger partial charge is 0.338 e. The number of rotatable bonds is 3. The van der Waals surface area contributed by atoms with Gasteiger partial charge in [0, 0.05) is 24.8 Å². The van der Waals surface area contributed by atoms with Crippen LogP contribution in [-0.2, 0) is 9.53 Å². The van der Waals surface area contributed by atoms with E-state index < -0.39 is 17.3 Å². The number of carboxylic acids is 1. The van der Waals surface area contributed by atoms with Gasteiger partial charge >= 0.3 is 5.97 Å². The topological polar surface area (TPSA) is 75.6 Å². The van der Waals surface area contributed by atoms with Crippen LogP contribution in [0.2, 0.25) is 0 Å². The van der Waals surface area contributed by atoms with Crippen molar-refractivity contribution >= 4 is 17.6 Å². The molecule has 1 amide bonds. The summed E-state index contributed by atoms with van der Waals surface area (Å²) in [6.45, 7) is 1.20. The summed E-state index contributed by atoms with van der Waals surface area (Å²) in [5, 5.41) is 11.5. The molecule has 0 saturated carbocycles. The third-order valence-corrected chi connectivity index (χ3v) is 3.29. The number of hydrogen-bond donors (Lipinski definition) is 2. The van der Waals surface area contributed by atoms with Crippen molar-refractivity contribution in [2.24, 2.45) is 5.92 Å². The Hall–Kier alpha value is -1.95. The van der Waals surface area contributed by atoms with Gasteiger partial charge in [0.15, 0.2) is 0 Å². The van der Waals surface area contributed by atoms with Crippen molar-refractivity contribution in [2.75, 3.05) is 18.5 Å². The number of carbonyl (C=O) groups excluding carboxylic acids is 1. The minimum atomic E-state index is -1.36. The van der Waals surface area contributed by atoms with Crippen molar-refractivity contribution in [3.8, 4) is 0 Å². The summed E-state index contributed by atoms with van der Waals surface area (Å²) in [4.78, 5) is 22.9. The van der Waals surface area contributed by atoms with Gasteiger partial charge in [-0.2, -0.15) is 0 Å². The number of halogens is 1. The number of benzene rings is 1. The maximum atomic E-state index is 13.3. The molecule has 0 spiro atoms. The molecule has 2 N–H and O–H groups in total. The van der Waals surface area contributed by atoms with Gasteiger partial charge in [-0.3, -0.25) is 4.79 Å². The summed E-state index contributed by atoms with van der Waals surface area (Å²) in [6, 6.07) is 3.52. The highest BCUT2D eigenvalue weighted by Gasteiger charge is 2.21. The van der Waals surface area contributed by atoms with Crippen molar-refractivity contribution in [3.05, 3.63) is 29.6 Å². The Morgan fingerprint density at radius 1 is 1.30 bits per heavy atom. The third-order valence-electron chi connectivity index (χ3n) is 3.29. The molecular weight excluding hydrogens is 265 g/mol. The van der Waals surface area contributed by atoms with Gasteiger partial charge in [0.25, 0.3) is 0 Å². The molecule has 1 heterocycles. The molecule has 0 aromatic heterocycles. The van der Waals surface area contributed by atoms with Crippen molar-refractivity contribution in [3.63, 3.8) is 0 Å². The van der Waals surface area contributed by atoms with Crippen LogP contribution in [0.25, 0.3) is 0 Å². The molecule has 20 heavy (non-hydrogen) atoms. The van der Waals surface area contributed by atoms with Gasteiger partial charge in [-0.25, -0.2) is 9.18 Å². The van der Waals surface area contributed by atoms with Crippen LogP contribution in [0.15, 0.2) is 18.2 Å². The van der Waals surface area contributed by atoms with Gasteiger partial charge in [0.1, 0.15) is 5.82 Å². The number of anilines is 1. The molecule has 0 aliphatic carbocycles. The second kappa shape index (κ2) is 6.47. The predicted molar refractivity (Wildman–Crippen MR) is 70.1 cm³/mol. The number of amides is 1. The number of hydrogen-bond acceptors (Lipinski definition) is 3. The largest absolute Gasteiger partial charge is 0.478 e. The van der Waals surface area contributed by atoms with Gasteiger partial charge in [-0.1, -0.05) is 0 Å². The molecule has 108 valence electrons. The van der Waals surface area contributed by atoms with E-state index in [-0.39, 0.29) is 11.8 Å². The van der Waals surface area contributed by atoms with Gasteiger partial charge < -0.3 is 15.2 Å². The van der Waals surface area contributed by atoms with E-state index in [2.05, 4.69) is 5.32 Å². The van der Waals surface area contributed by atoms with Crippen LogP contribution in [0, 0.1) is 11.7 Å². The molecule has 1 fully saturated rings. The van der Waals surface area contributed by atoms with Crippen LogP contribution >= 0.6 is 0 Å². The van der Waals surface area contributed by atoms with Crippen LogP contribution in [0.3, 0.4) is 0 Å². The SMILES string of the molecule is O=C(O)c1cc(NC(=O)C2CCCOCC2)ccc1F. The Labute approximate surface area is 115 Å². The fourth-order valence-electron chi connectivity index (χ4n) is 2.18. The Balaban J connectivity index is 2.07. The van der Waals surface area contributed by atoms with Crippen LogP contribution in [0.1, 0.15) is 29.6 Å². The lowest BCUT2D eigenvalue weighted by atomic mass is 9.99. The zero-order chi connectivity index (χ0) is 14.5. The summed E-state index contributed by atoms with van der Waals surface area (Å²) in [7, 11) is 0. The zero-order valence-electron chi connectivity index (χ0n) is 10.9. The molecular formula is C14H16FNO4. The van der Waals surface area contributed by atoms with Gasteiger partial charge in [0.2, 0.25) is 5.91 Å². The lowest BCUT2D eigenvalue weighted by molar-refractivity contribution is -0.120. The molecule has 1 unspecified atom stereocenters. The van der Waals surface area contributed by atoms with E-state index in [1.165, 1.54) is 6.07 Å². The fraction of sp³-hybridized carbons (Fsp3) is 0.429. The molecule has 1 saturated heterocycles. The zero-order valence-corrected chi connectivity index (χ0v) is 10.9. The Morgan fingerprint density at radius 2 is 2.10 bits per heavy atom. The predicted octanol–water partition coefficient (Wildman–Crippen LogP) is 2.28. The first kappa shape index (κ1) is 14.5. The van der Waals surface area contributed by atoms with Crippen LogP contribution in [-0.4, -0.2) is 30.2 Å². The van der Waals surface area contributed by atoms with E-state index in [4.69, 9.17) is 9.84 Å². The number of aromatic carboxylic acids is 1. The number of carboxylic acid groups (broad SMARTS) is 1. The van der Waals surface area contributed by atoms with Crippen molar-refractivity contribution in [1.29, 1.82) is 0 Å². The van der Waals surface area contributed by atoms with Crippen LogP contribution in [0.4, 0.5) is 10.1 Å². The van der Waals surface area contributed by atoms with Gasteiger partial charge in [-0.05, 0) is 37.5 Å². The lowest BCUT2D eigenvalue weighted by Gasteiger charge is -2.14. The first-order valence-corrected chi connectivity index (χ1v) is 6.49. The molecule has 1 aliphatic heterocycles. The Bertz CT molecular complexity index is 510. The van der Waals surface area contributed by atoms with E-state index in [9.17, 15) is 14.0 Å². The maximum absolute atomic E-state index is 13.3. The summed E-state index contributed by atoms with van der Waals surface area (Å²) >= 11 is 0. The number of carbonyl (C=O) groups is 2. The summed E-state index contributed by atoms with van der Waals surface area (Å²) in [5.74, 6) is -2.52. The highest BCUT2D eigenvalue weighted by Crippen LogP contribution is 2.20. The molecule has 1 aromatic rings. The standard InChI is InChI=1S/C14H16FNO4/c15-12-4-3-10(8-11(12)14(18)19)16-13(17)9-2-1-6-20-7-5-9/h3-4,8-9H,1-2,5-7H2,(H,16,17)(H,18,19). The highest BCUT2D eigenvalue weighted by molar-refractivity contribution is 5.95. The van der Waals surface area contributed by atoms with Crippen LogP contribution in [0.5, 0.6) is 0 Å². The van der Waals surface area contributed by atoms with Gasteiger partial charge in [-0.15, -0.1) is 0 Å². The van der Waals surface area contributed by atoms with E-state index in [1.807, 2.05) is 0 Å². The molecule has 1 atom stereocenters. The Kier molecular flexibility index (Phi) is 4.68. The van der Waals surface area contributed by atoms with Crippen molar-refractivity contribution in [2.45, 2.75) is 19.3 Å². The highest BCUT2D eigenvalue weighted by atomic mass is 19.1. The quantitative estimate of drug-likeness (QED) is 0.891. The second-order valence-electron chi connectivity index (χ2n) is 4.73. The normalized spacial score (nSPS) is 19.1. The van der Waals surface area contributed by atoms with Crippen molar-refractivity contribution < 1.29 is 23.8 Å². The number of ether oxygens (including phenoxy) is 1. The molecule has 6 heteroatoms. The average Bonchev–Trinajstić information content (AvgIpc) is 2.69. The Morgan fingerprint density at radius 3 is 2.85 bits per heavy atom. The minimum Gasteiger partial charge on any atom is -0.478 e. The average molecular weight is 281 g/mol. The maximum Gasteiger partial charge on any atom is 0.338 e. The summed E-state index contributed by atoms with van der Waals surface area (Å²) < 4.78 is 18.5. The molecule has 5 nitrogen and oxygen atoms in total. The van der Waals surface area contributed by atoms with E-state index >= 15 is 0 Å². The van der Waals surface area contributed by atoms with E-state index in [1.54, 1.807) is 0 Å². The molecule has 1 aromatic carbocycles. The first-order chi connectivity index (χ1) is 9.58. The third kappa shape index (κ3) is 3.54.